The van der Waals surface area contributed by atoms with Crippen molar-refractivity contribution in [1.82, 2.24) is 4.98 Å². The zero-order chi connectivity index (χ0) is 16.4. The van der Waals surface area contributed by atoms with E-state index in [4.69, 9.17) is 17.3 Å². The normalized spacial score (nSPS) is 19.8. The molecule has 1 heterocycles. The number of anilines is 1. The summed E-state index contributed by atoms with van der Waals surface area (Å²) in [5.41, 5.74) is 8.08. The van der Waals surface area contributed by atoms with Gasteiger partial charge in [-0.25, -0.2) is 4.98 Å². The SMILES string of the molecule is Cc1ccc(Cc2cnc(NC(=O)C3CCC(N)C3)s2)cc1Cl.Cl. The third-order valence-corrected chi connectivity index (χ3v) is 5.56. The minimum Gasteiger partial charge on any atom is -0.328 e. The summed E-state index contributed by atoms with van der Waals surface area (Å²) in [6.07, 6.45) is 5.14. The van der Waals surface area contributed by atoms with Crippen LogP contribution >= 0.6 is 35.3 Å². The average Bonchev–Trinajstić information content (AvgIpc) is 3.12. The van der Waals surface area contributed by atoms with E-state index in [-0.39, 0.29) is 30.3 Å². The second-order valence-electron chi connectivity index (χ2n) is 6.15. The van der Waals surface area contributed by atoms with Crippen molar-refractivity contribution in [2.75, 3.05) is 5.32 Å². The van der Waals surface area contributed by atoms with Crippen LogP contribution in [0.3, 0.4) is 0 Å². The minimum atomic E-state index is 0. The summed E-state index contributed by atoms with van der Waals surface area (Å²) in [5, 5.41) is 4.35. The number of amides is 1. The highest BCUT2D eigenvalue weighted by Gasteiger charge is 2.28. The van der Waals surface area contributed by atoms with Gasteiger partial charge in [-0.2, -0.15) is 0 Å². The van der Waals surface area contributed by atoms with E-state index >= 15 is 0 Å². The van der Waals surface area contributed by atoms with E-state index in [2.05, 4.69) is 16.4 Å². The number of nitrogens with one attached hydrogen (secondary N) is 1. The molecule has 3 rings (SSSR count). The summed E-state index contributed by atoms with van der Waals surface area (Å²) >= 11 is 7.67. The van der Waals surface area contributed by atoms with Crippen LogP contribution in [0.2, 0.25) is 5.02 Å². The Kier molecular flexibility index (Phi) is 6.63. The molecule has 1 aromatic heterocycles. The van der Waals surface area contributed by atoms with Crippen molar-refractivity contribution in [2.24, 2.45) is 11.7 Å². The van der Waals surface area contributed by atoms with Crippen molar-refractivity contribution >= 4 is 46.4 Å². The van der Waals surface area contributed by atoms with E-state index in [1.807, 2.05) is 25.3 Å². The molecule has 130 valence electrons. The van der Waals surface area contributed by atoms with Gasteiger partial charge in [0.15, 0.2) is 5.13 Å². The van der Waals surface area contributed by atoms with E-state index in [1.165, 1.54) is 11.3 Å². The highest BCUT2D eigenvalue weighted by atomic mass is 35.5. The first-order valence-electron chi connectivity index (χ1n) is 7.77. The fraction of sp³-hybridized carbons (Fsp3) is 0.412. The molecular formula is C17H21Cl2N3OS. The molecule has 1 aromatic carbocycles. The molecule has 1 aliphatic carbocycles. The van der Waals surface area contributed by atoms with Gasteiger partial charge < -0.3 is 11.1 Å². The van der Waals surface area contributed by atoms with Crippen LogP contribution in [-0.2, 0) is 11.2 Å². The van der Waals surface area contributed by atoms with Gasteiger partial charge in [0, 0.05) is 34.5 Å². The summed E-state index contributed by atoms with van der Waals surface area (Å²) in [6.45, 7) is 1.99. The summed E-state index contributed by atoms with van der Waals surface area (Å²) in [4.78, 5) is 17.6. The van der Waals surface area contributed by atoms with Gasteiger partial charge in [0.25, 0.3) is 0 Å². The number of aryl methyl sites for hydroxylation is 1. The number of hydrogen-bond acceptors (Lipinski definition) is 4. The molecule has 7 heteroatoms. The lowest BCUT2D eigenvalue weighted by molar-refractivity contribution is -0.119. The maximum atomic E-state index is 12.2. The number of aromatic nitrogens is 1. The molecule has 1 amide bonds. The topological polar surface area (TPSA) is 68.0 Å². The van der Waals surface area contributed by atoms with E-state index in [0.29, 0.717) is 5.13 Å². The van der Waals surface area contributed by atoms with Gasteiger partial charge in [-0.1, -0.05) is 23.7 Å². The van der Waals surface area contributed by atoms with Crippen molar-refractivity contribution < 1.29 is 4.79 Å². The molecule has 2 atom stereocenters. The molecule has 0 radical (unpaired) electrons. The molecule has 2 unspecified atom stereocenters. The summed E-state index contributed by atoms with van der Waals surface area (Å²) < 4.78 is 0. The molecular weight excluding hydrogens is 365 g/mol. The number of benzene rings is 1. The lowest BCUT2D eigenvalue weighted by Gasteiger charge is -2.08. The number of rotatable bonds is 4. The van der Waals surface area contributed by atoms with Crippen LogP contribution in [0.25, 0.3) is 0 Å². The van der Waals surface area contributed by atoms with Gasteiger partial charge in [-0.05, 0) is 43.4 Å². The highest BCUT2D eigenvalue weighted by Crippen LogP contribution is 2.27. The Labute approximate surface area is 157 Å². The Bertz CT molecular complexity index is 720. The van der Waals surface area contributed by atoms with E-state index in [9.17, 15) is 4.79 Å². The summed E-state index contributed by atoms with van der Waals surface area (Å²) in [6, 6.07) is 6.22. The first-order valence-corrected chi connectivity index (χ1v) is 8.97. The third kappa shape index (κ3) is 4.70. The van der Waals surface area contributed by atoms with Crippen molar-refractivity contribution in [3.05, 3.63) is 45.4 Å². The Balaban J connectivity index is 0.00000208. The molecule has 0 spiro atoms. The number of carbonyl (C=O) groups excluding carboxylic acids is 1. The molecule has 24 heavy (non-hydrogen) atoms. The number of halogens is 2. The second-order valence-corrected chi connectivity index (χ2v) is 7.67. The van der Waals surface area contributed by atoms with E-state index < -0.39 is 0 Å². The molecule has 4 nitrogen and oxygen atoms in total. The molecule has 2 aromatic rings. The first-order chi connectivity index (χ1) is 11.0. The van der Waals surface area contributed by atoms with Gasteiger partial charge >= 0.3 is 0 Å². The lowest BCUT2D eigenvalue weighted by atomic mass is 10.1. The summed E-state index contributed by atoms with van der Waals surface area (Å²) in [7, 11) is 0. The van der Waals surface area contributed by atoms with Gasteiger partial charge in [0.2, 0.25) is 5.91 Å². The van der Waals surface area contributed by atoms with E-state index in [1.54, 1.807) is 0 Å². The predicted octanol–water partition coefficient (Wildman–Crippen LogP) is 4.18. The molecule has 1 aliphatic rings. The number of hydrogen-bond donors (Lipinski definition) is 2. The third-order valence-electron chi connectivity index (χ3n) is 4.24. The number of carbonyl (C=O) groups is 1. The van der Waals surface area contributed by atoms with Crippen molar-refractivity contribution in [3.63, 3.8) is 0 Å². The zero-order valence-electron chi connectivity index (χ0n) is 13.4. The molecule has 3 N–H and O–H groups in total. The van der Waals surface area contributed by atoms with Gasteiger partial charge in [0.05, 0.1) is 0 Å². The molecule has 1 fully saturated rings. The molecule has 0 saturated heterocycles. The molecule has 1 saturated carbocycles. The van der Waals surface area contributed by atoms with Crippen molar-refractivity contribution in [2.45, 2.75) is 38.6 Å². The predicted molar refractivity (Wildman–Crippen MR) is 102 cm³/mol. The van der Waals surface area contributed by atoms with Crippen LogP contribution in [0.1, 0.15) is 35.3 Å². The minimum absolute atomic E-state index is 0. The zero-order valence-corrected chi connectivity index (χ0v) is 15.8. The standard InChI is InChI=1S/C17H20ClN3OS.ClH/c1-10-2-3-11(7-15(10)18)6-14-9-20-17(23-14)21-16(22)12-4-5-13(19)8-12;/h2-3,7,9,12-13H,4-6,8,19H2,1H3,(H,20,21,22);1H. The van der Waals surface area contributed by atoms with Crippen LogP contribution in [0, 0.1) is 12.8 Å². The van der Waals surface area contributed by atoms with Crippen molar-refractivity contribution in [3.8, 4) is 0 Å². The van der Waals surface area contributed by atoms with Gasteiger partial charge in [-0.3, -0.25) is 4.79 Å². The molecule has 0 aliphatic heterocycles. The smallest absolute Gasteiger partial charge is 0.229 e. The quantitative estimate of drug-likeness (QED) is 0.828. The highest BCUT2D eigenvalue weighted by molar-refractivity contribution is 7.15. The van der Waals surface area contributed by atoms with Crippen LogP contribution < -0.4 is 11.1 Å². The average molecular weight is 386 g/mol. The van der Waals surface area contributed by atoms with Crippen LogP contribution in [0.4, 0.5) is 5.13 Å². The van der Waals surface area contributed by atoms with Crippen LogP contribution in [-0.4, -0.2) is 16.9 Å². The second kappa shape index (κ2) is 8.30. The summed E-state index contributed by atoms with van der Waals surface area (Å²) in [5.74, 6) is 0.0606. The van der Waals surface area contributed by atoms with E-state index in [0.717, 1.165) is 46.7 Å². The van der Waals surface area contributed by atoms with Crippen LogP contribution in [0.5, 0.6) is 0 Å². The Hall–Kier alpha value is -1.14. The Morgan fingerprint density at radius 3 is 2.92 bits per heavy atom. The van der Waals surface area contributed by atoms with Gasteiger partial charge in [0.1, 0.15) is 0 Å². The maximum Gasteiger partial charge on any atom is 0.229 e. The molecule has 0 bridgehead atoms. The first kappa shape index (κ1) is 19.2. The van der Waals surface area contributed by atoms with Gasteiger partial charge in [-0.15, -0.1) is 23.7 Å². The largest absolute Gasteiger partial charge is 0.328 e. The number of nitrogens with two attached hydrogens (primary N) is 1. The fourth-order valence-electron chi connectivity index (χ4n) is 2.86. The van der Waals surface area contributed by atoms with Crippen molar-refractivity contribution in [1.29, 1.82) is 0 Å². The fourth-order valence-corrected chi connectivity index (χ4v) is 3.91. The maximum absolute atomic E-state index is 12.2. The number of thiazole rings is 1. The Morgan fingerprint density at radius 2 is 2.25 bits per heavy atom. The number of nitrogens with zero attached hydrogens (tertiary/aromatic N) is 1. The van der Waals surface area contributed by atoms with Crippen LogP contribution in [0.15, 0.2) is 24.4 Å². The Morgan fingerprint density at radius 1 is 1.46 bits per heavy atom. The lowest BCUT2D eigenvalue weighted by Crippen LogP contribution is -2.23. The monoisotopic (exact) mass is 385 g/mol.